The van der Waals surface area contributed by atoms with Crippen LogP contribution in [0.15, 0.2) is 36.4 Å². The minimum atomic E-state index is 0.599. The molecule has 2 nitrogen and oxygen atoms in total. The highest BCUT2D eigenvalue weighted by molar-refractivity contribution is 5.70. The maximum atomic E-state index is 5.77. The zero-order chi connectivity index (χ0) is 14.1. The molecule has 0 saturated carbocycles. The normalized spacial score (nSPS) is 15.2. The van der Waals surface area contributed by atoms with Crippen molar-refractivity contribution in [3.63, 3.8) is 0 Å². The van der Waals surface area contributed by atoms with Gasteiger partial charge in [-0.2, -0.15) is 0 Å². The summed E-state index contributed by atoms with van der Waals surface area (Å²) in [5, 5.41) is 0. The van der Waals surface area contributed by atoms with Crippen molar-refractivity contribution in [2.75, 3.05) is 13.6 Å². The first-order chi connectivity index (χ1) is 9.69. The van der Waals surface area contributed by atoms with Gasteiger partial charge in [0.05, 0.1) is 0 Å². The van der Waals surface area contributed by atoms with Crippen LogP contribution in [0.5, 0.6) is 0 Å². The summed E-state index contributed by atoms with van der Waals surface area (Å²) in [5.74, 6) is 0. The molecule has 2 aromatic carbocycles. The third-order valence-electron chi connectivity index (χ3n) is 4.31. The number of benzene rings is 2. The van der Waals surface area contributed by atoms with E-state index in [9.17, 15) is 0 Å². The van der Waals surface area contributed by atoms with Gasteiger partial charge in [0.15, 0.2) is 0 Å². The van der Waals surface area contributed by atoms with Crippen LogP contribution in [0.1, 0.15) is 22.3 Å². The monoisotopic (exact) mass is 266 g/mol. The molecule has 0 fully saturated rings. The smallest absolute Gasteiger partial charge is 0.0239 e. The molecule has 0 saturated heterocycles. The fraction of sp³-hybridized carbons (Fsp3) is 0.333. The Hall–Kier alpha value is -1.64. The predicted octanol–water partition coefficient (Wildman–Crippen LogP) is 3.11. The summed E-state index contributed by atoms with van der Waals surface area (Å²) in [6.45, 7) is 5.02. The Morgan fingerprint density at radius 1 is 1.15 bits per heavy atom. The first kappa shape index (κ1) is 13.3. The van der Waals surface area contributed by atoms with Gasteiger partial charge in [0.1, 0.15) is 0 Å². The molecular weight excluding hydrogens is 244 g/mol. The molecule has 2 aromatic rings. The molecule has 0 bridgehead atoms. The van der Waals surface area contributed by atoms with E-state index in [0.29, 0.717) is 6.54 Å². The third kappa shape index (κ3) is 2.37. The second-order valence-electron chi connectivity index (χ2n) is 5.78. The average Bonchev–Trinajstić information content (AvgIpc) is 2.47. The lowest BCUT2D eigenvalue weighted by molar-refractivity contribution is 0.313. The number of hydrogen-bond donors (Lipinski definition) is 1. The van der Waals surface area contributed by atoms with Crippen LogP contribution in [0, 0.1) is 6.92 Å². The molecule has 0 aliphatic carbocycles. The number of fused-ring (bicyclic) bond motifs is 1. The van der Waals surface area contributed by atoms with Crippen LogP contribution in [0.2, 0.25) is 0 Å². The van der Waals surface area contributed by atoms with Gasteiger partial charge in [-0.05, 0) is 59.8 Å². The summed E-state index contributed by atoms with van der Waals surface area (Å²) in [6.07, 6.45) is 1.15. The van der Waals surface area contributed by atoms with Crippen LogP contribution in [0.25, 0.3) is 11.1 Å². The maximum Gasteiger partial charge on any atom is 0.0239 e. The van der Waals surface area contributed by atoms with E-state index in [1.807, 2.05) is 0 Å². The highest BCUT2D eigenvalue weighted by Crippen LogP contribution is 2.32. The average molecular weight is 266 g/mol. The summed E-state index contributed by atoms with van der Waals surface area (Å²) in [4.78, 5) is 2.40. The Kier molecular flexibility index (Phi) is 3.60. The summed E-state index contributed by atoms with van der Waals surface area (Å²) in [5.41, 5.74) is 14.1. The Morgan fingerprint density at radius 3 is 2.80 bits per heavy atom. The van der Waals surface area contributed by atoms with E-state index in [1.165, 1.54) is 27.8 Å². The minimum absolute atomic E-state index is 0.599. The van der Waals surface area contributed by atoms with E-state index in [-0.39, 0.29) is 0 Å². The molecule has 1 heterocycles. The molecule has 20 heavy (non-hydrogen) atoms. The van der Waals surface area contributed by atoms with Gasteiger partial charge >= 0.3 is 0 Å². The van der Waals surface area contributed by atoms with Crippen molar-refractivity contribution >= 4 is 0 Å². The number of hydrogen-bond acceptors (Lipinski definition) is 2. The van der Waals surface area contributed by atoms with Crippen molar-refractivity contribution in [2.45, 2.75) is 26.4 Å². The van der Waals surface area contributed by atoms with E-state index in [2.05, 4.69) is 55.3 Å². The van der Waals surface area contributed by atoms with Crippen LogP contribution in [0.4, 0.5) is 0 Å². The molecule has 1 aliphatic heterocycles. The summed E-state index contributed by atoms with van der Waals surface area (Å²) >= 11 is 0. The van der Waals surface area contributed by atoms with E-state index >= 15 is 0 Å². The Morgan fingerprint density at radius 2 is 2.00 bits per heavy atom. The van der Waals surface area contributed by atoms with E-state index in [0.717, 1.165) is 19.5 Å². The quantitative estimate of drug-likeness (QED) is 0.905. The van der Waals surface area contributed by atoms with Gasteiger partial charge in [-0.25, -0.2) is 0 Å². The molecule has 0 aromatic heterocycles. The lowest BCUT2D eigenvalue weighted by Gasteiger charge is -2.28. The molecule has 3 rings (SSSR count). The highest BCUT2D eigenvalue weighted by atomic mass is 15.1. The number of aryl methyl sites for hydroxylation is 1. The molecule has 0 amide bonds. The van der Waals surface area contributed by atoms with Gasteiger partial charge in [0.2, 0.25) is 0 Å². The lowest BCUT2D eigenvalue weighted by Crippen LogP contribution is -2.27. The number of nitrogens with zero attached hydrogens (tertiary/aromatic N) is 1. The van der Waals surface area contributed by atoms with Crippen molar-refractivity contribution in [1.29, 1.82) is 0 Å². The molecule has 0 atom stereocenters. The zero-order valence-electron chi connectivity index (χ0n) is 12.3. The van der Waals surface area contributed by atoms with E-state index < -0.39 is 0 Å². The SMILES string of the molecule is Cc1ccc(-c2cccc(CN)c2)c2c1CCN(C)C2. The summed E-state index contributed by atoms with van der Waals surface area (Å²) < 4.78 is 0. The van der Waals surface area contributed by atoms with Crippen molar-refractivity contribution in [1.82, 2.24) is 4.90 Å². The van der Waals surface area contributed by atoms with Gasteiger partial charge < -0.3 is 10.6 Å². The molecule has 104 valence electrons. The van der Waals surface area contributed by atoms with Crippen molar-refractivity contribution in [2.24, 2.45) is 5.73 Å². The molecule has 2 N–H and O–H groups in total. The fourth-order valence-electron chi connectivity index (χ4n) is 3.13. The molecule has 0 unspecified atom stereocenters. The zero-order valence-corrected chi connectivity index (χ0v) is 12.3. The largest absolute Gasteiger partial charge is 0.326 e. The lowest BCUT2D eigenvalue weighted by atomic mass is 9.88. The fourth-order valence-corrected chi connectivity index (χ4v) is 3.13. The first-order valence-corrected chi connectivity index (χ1v) is 7.28. The number of rotatable bonds is 2. The van der Waals surface area contributed by atoms with Crippen LogP contribution in [0.3, 0.4) is 0 Å². The molecule has 0 radical (unpaired) electrons. The van der Waals surface area contributed by atoms with Gasteiger partial charge in [0.25, 0.3) is 0 Å². The number of nitrogens with two attached hydrogens (primary N) is 1. The van der Waals surface area contributed by atoms with Gasteiger partial charge in [-0.1, -0.05) is 30.3 Å². The van der Waals surface area contributed by atoms with E-state index in [4.69, 9.17) is 5.73 Å². The topological polar surface area (TPSA) is 29.3 Å². The van der Waals surface area contributed by atoms with Crippen LogP contribution in [-0.4, -0.2) is 18.5 Å². The van der Waals surface area contributed by atoms with E-state index in [1.54, 1.807) is 5.56 Å². The summed E-state index contributed by atoms with van der Waals surface area (Å²) in [6, 6.07) is 13.1. The van der Waals surface area contributed by atoms with Crippen LogP contribution < -0.4 is 5.73 Å². The Labute approximate surface area is 121 Å². The summed E-state index contributed by atoms with van der Waals surface area (Å²) in [7, 11) is 2.20. The Bertz CT molecular complexity index is 631. The molecule has 0 spiro atoms. The second-order valence-corrected chi connectivity index (χ2v) is 5.78. The van der Waals surface area contributed by atoms with Crippen LogP contribution in [-0.2, 0) is 19.5 Å². The first-order valence-electron chi connectivity index (χ1n) is 7.28. The predicted molar refractivity (Wildman–Crippen MR) is 84.5 cm³/mol. The van der Waals surface area contributed by atoms with Gasteiger partial charge in [-0.3, -0.25) is 0 Å². The highest BCUT2D eigenvalue weighted by Gasteiger charge is 2.19. The molecule has 1 aliphatic rings. The van der Waals surface area contributed by atoms with Crippen LogP contribution >= 0.6 is 0 Å². The molecule has 2 heteroatoms. The minimum Gasteiger partial charge on any atom is -0.326 e. The van der Waals surface area contributed by atoms with Crippen molar-refractivity contribution in [3.05, 3.63) is 58.7 Å². The maximum absolute atomic E-state index is 5.77. The van der Waals surface area contributed by atoms with Gasteiger partial charge in [-0.15, -0.1) is 0 Å². The standard InChI is InChI=1S/C18H22N2/c1-13-6-7-17(15-5-3-4-14(10-15)11-19)18-12-20(2)9-8-16(13)18/h3-7,10H,8-9,11-12,19H2,1-2H3. The second kappa shape index (κ2) is 5.39. The Balaban J connectivity index is 2.14. The van der Waals surface area contributed by atoms with Gasteiger partial charge in [0, 0.05) is 19.6 Å². The van der Waals surface area contributed by atoms with Crippen molar-refractivity contribution in [3.8, 4) is 11.1 Å². The molecular formula is C18H22N2. The third-order valence-corrected chi connectivity index (χ3v) is 4.31. The number of likely N-dealkylation sites (N-methyl/N-ethyl adjacent to an activating group) is 1. The van der Waals surface area contributed by atoms with Crippen molar-refractivity contribution < 1.29 is 0 Å².